The van der Waals surface area contributed by atoms with E-state index in [-0.39, 0.29) is 10.6 Å². The van der Waals surface area contributed by atoms with Gasteiger partial charge in [0.25, 0.3) is 0 Å². The largest absolute Gasteiger partial charge is 0.369 e. The van der Waals surface area contributed by atoms with E-state index in [4.69, 9.17) is 5.73 Å². The van der Waals surface area contributed by atoms with Crippen molar-refractivity contribution in [1.29, 1.82) is 0 Å². The summed E-state index contributed by atoms with van der Waals surface area (Å²) in [7, 11) is -3.30. The minimum absolute atomic E-state index is 0.193. The summed E-state index contributed by atoms with van der Waals surface area (Å²) >= 11 is 0. The Balaban J connectivity index is 2.66. The van der Waals surface area contributed by atoms with Crippen molar-refractivity contribution in [2.75, 3.05) is 5.75 Å². The van der Waals surface area contributed by atoms with E-state index in [9.17, 15) is 13.2 Å². The first kappa shape index (κ1) is 9.21. The lowest BCUT2D eigenvalue weighted by Crippen LogP contribution is -2.22. The SMILES string of the molecule is NC(=O)C1CS(=O)(=O)c2ccccc21. The molecule has 1 aliphatic rings. The molecule has 0 spiro atoms. The van der Waals surface area contributed by atoms with Crippen LogP contribution in [0.25, 0.3) is 0 Å². The molecule has 4 nitrogen and oxygen atoms in total. The van der Waals surface area contributed by atoms with E-state index in [0.717, 1.165) is 0 Å². The third kappa shape index (κ3) is 1.21. The van der Waals surface area contributed by atoms with Gasteiger partial charge in [0.15, 0.2) is 9.84 Å². The number of rotatable bonds is 1. The van der Waals surface area contributed by atoms with E-state index in [2.05, 4.69) is 0 Å². The molecule has 14 heavy (non-hydrogen) atoms. The van der Waals surface area contributed by atoms with Crippen LogP contribution in [-0.4, -0.2) is 20.1 Å². The van der Waals surface area contributed by atoms with Crippen molar-refractivity contribution in [3.63, 3.8) is 0 Å². The molecular formula is C9H9NO3S. The Morgan fingerprint density at radius 1 is 1.36 bits per heavy atom. The van der Waals surface area contributed by atoms with Gasteiger partial charge < -0.3 is 5.73 Å². The van der Waals surface area contributed by atoms with Crippen molar-refractivity contribution in [2.24, 2.45) is 5.73 Å². The van der Waals surface area contributed by atoms with Crippen LogP contribution in [0.15, 0.2) is 29.2 Å². The maximum absolute atomic E-state index is 11.6. The van der Waals surface area contributed by atoms with Gasteiger partial charge in [0.05, 0.1) is 16.6 Å². The first-order valence-electron chi connectivity index (χ1n) is 4.13. The fourth-order valence-corrected chi connectivity index (χ4v) is 3.50. The number of hydrogen-bond acceptors (Lipinski definition) is 3. The monoisotopic (exact) mass is 211 g/mol. The number of sulfone groups is 1. The lowest BCUT2D eigenvalue weighted by atomic mass is 10.0. The number of carbonyl (C=O) groups is 1. The minimum atomic E-state index is -3.30. The van der Waals surface area contributed by atoms with Crippen molar-refractivity contribution in [1.82, 2.24) is 0 Å². The number of primary amides is 1. The molecule has 1 unspecified atom stereocenters. The van der Waals surface area contributed by atoms with E-state index >= 15 is 0 Å². The highest BCUT2D eigenvalue weighted by Crippen LogP contribution is 2.34. The number of nitrogens with two attached hydrogens (primary N) is 1. The number of carbonyl (C=O) groups excluding carboxylic acids is 1. The van der Waals surface area contributed by atoms with Crippen LogP contribution in [0.1, 0.15) is 11.5 Å². The zero-order valence-electron chi connectivity index (χ0n) is 7.30. The van der Waals surface area contributed by atoms with Crippen LogP contribution in [-0.2, 0) is 14.6 Å². The fourth-order valence-electron chi connectivity index (χ4n) is 1.69. The molecule has 1 atom stereocenters. The molecule has 5 heteroatoms. The summed E-state index contributed by atoms with van der Waals surface area (Å²) in [5.41, 5.74) is 5.66. The van der Waals surface area contributed by atoms with Crippen LogP contribution in [0.2, 0.25) is 0 Å². The van der Waals surface area contributed by atoms with Gasteiger partial charge in [0.1, 0.15) is 0 Å². The summed E-state index contributed by atoms with van der Waals surface area (Å²) in [6, 6.07) is 6.48. The first-order chi connectivity index (χ1) is 6.52. The van der Waals surface area contributed by atoms with Gasteiger partial charge in [-0.3, -0.25) is 4.79 Å². The molecule has 1 heterocycles. The summed E-state index contributed by atoms with van der Waals surface area (Å²) < 4.78 is 23.1. The number of fused-ring (bicyclic) bond motifs is 1. The highest BCUT2D eigenvalue weighted by atomic mass is 32.2. The maximum atomic E-state index is 11.6. The number of hydrogen-bond donors (Lipinski definition) is 1. The molecule has 74 valence electrons. The maximum Gasteiger partial charge on any atom is 0.226 e. The highest BCUT2D eigenvalue weighted by Gasteiger charge is 2.37. The molecule has 1 aliphatic heterocycles. The van der Waals surface area contributed by atoms with Crippen LogP contribution in [0.5, 0.6) is 0 Å². The molecule has 1 aromatic carbocycles. The Morgan fingerprint density at radius 2 is 2.00 bits per heavy atom. The molecule has 0 saturated carbocycles. The Kier molecular flexibility index (Phi) is 1.85. The van der Waals surface area contributed by atoms with Gasteiger partial charge in [-0.05, 0) is 11.6 Å². The van der Waals surface area contributed by atoms with Crippen molar-refractivity contribution in [3.05, 3.63) is 29.8 Å². The van der Waals surface area contributed by atoms with Crippen molar-refractivity contribution in [2.45, 2.75) is 10.8 Å². The second-order valence-corrected chi connectivity index (χ2v) is 5.28. The highest BCUT2D eigenvalue weighted by molar-refractivity contribution is 7.91. The van der Waals surface area contributed by atoms with E-state index in [1.165, 1.54) is 6.07 Å². The normalized spacial score (nSPS) is 23.0. The van der Waals surface area contributed by atoms with Gasteiger partial charge in [-0.2, -0.15) is 0 Å². The number of amides is 1. The predicted molar refractivity (Wildman–Crippen MR) is 50.4 cm³/mol. The first-order valence-corrected chi connectivity index (χ1v) is 5.78. The van der Waals surface area contributed by atoms with Gasteiger partial charge in [-0.15, -0.1) is 0 Å². The van der Waals surface area contributed by atoms with Gasteiger partial charge in [-0.25, -0.2) is 8.42 Å². The lowest BCUT2D eigenvalue weighted by molar-refractivity contribution is -0.118. The van der Waals surface area contributed by atoms with E-state index in [0.29, 0.717) is 5.56 Å². The van der Waals surface area contributed by atoms with Crippen LogP contribution < -0.4 is 5.73 Å². The predicted octanol–water partition coefficient (Wildman–Crippen LogP) is 0.0428. The zero-order valence-corrected chi connectivity index (χ0v) is 8.12. The standard InChI is InChI=1S/C9H9NO3S/c10-9(11)7-5-14(12,13)8-4-2-1-3-6(7)8/h1-4,7H,5H2,(H2,10,11). The van der Waals surface area contributed by atoms with E-state index in [1.54, 1.807) is 18.2 Å². The summed E-state index contributed by atoms with van der Waals surface area (Å²) in [6.45, 7) is 0. The second kappa shape index (κ2) is 2.81. The number of benzene rings is 1. The smallest absolute Gasteiger partial charge is 0.226 e. The Bertz CT molecular complexity index is 493. The molecule has 0 bridgehead atoms. The molecule has 1 amide bonds. The van der Waals surface area contributed by atoms with E-state index < -0.39 is 21.7 Å². The van der Waals surface area contributed by atoms with Crippen molar-refractivity contribution < 1.29 is 13.2 Å². The second-order valence-electron chi connectivity index (χ2n) is 3.27. The molecule has 0 fully saturated rings. The Morgan fingerprint density at radius 3 is 2.64 bits per heavy atom. The van der Waals surface area contributed by atoms with Crippen LogP contribution in [0, 0.1) is 0 Å². The molecule has 0 radical (unpaired) electrons. The van der Waals surface area contributed by atoms with E-state index in [1.807, 2.05) is 0 Å². The van der Waals surface area contributed by atoms with Gasteiger partial charge >= 0.3 is 0 Å². The summed E-state index contributed by atoms with van der Waals surface area (Å²) in [5, 5.41) is 0. The summed E-state index contributed by atoms with van der Waals surface area (Å²) in [6.07, 6.45) is 0. The topological polar surface area (TPSA) is 77.2 Å². The van der Waals surface area contributed by atoms with Crippen LogP contribution >= 0.6 is 0 Å². The summed E-state index contributed by atoms with van der Waals surface area (Å²) in [4.78, 5) is 11.2. The third-order valence-electron chi connectivity index (χ3n) is 2.36. The van der Waals surface area contributed by atoms with Crippen molar-refractivity contribution >= 4 is 15.7 Å². The molecular weight excluding hydrogens is 202 g/mol. The molecule has 0 saturated heterocycles. The van der Waals surface area contributed by atoms with Crippen LogP contribution in [0.3, 0.4) is 0 Å². The third-order valence-corrected chi connectivity index (χ3v) is 4.17. The zero-order chi connectivity index (χ0) is 10.3. The molecule has 0 aromatic heterocycles. The average Bonchev–Trinajstić information content (AvgIpc) is 2.40. The molecule has 2 rings (SSSR count). The Hall–Kier alpha value is -1.36. The summed E-state index contributed by atoms with van der Waals surface area (Å²) in [5.74, 6) is -1.46. The van der Waals surface area contributed by atoms with Gasteiger partial charge in [-0.1, -0.05) is 18.2 Å². The minimum Gasteiger partial charge on any atom is -0.369 e. The molecule has 1 aromatic rings. The van der Waals surface area contributed by atoms with Gasteiger partial charge in [0, 0.05) is 0 Å². The quantitative estimate of drug-likeness (QED) is 0.712. The Labute approximate surface area is 81.6 Å². The molecule has 0 aliphatic carbocycles. The fraction of sp³-hybridized carbons (Fsp3) is 0.222. The van der Waals surface area contributed by atoms with Crippen LogP contribution in [0.4, 0.5) is 0 Å². The van der Waals surface area contributed by atoms with Crippen molar-refractivity contribution in [3.8, 4) is 0 Å². The van der Waals surface area contributed by atoms with Gasteiger partial charge in [0.2, 0.25) is 5.91 Å². The average molecular weight is 211 g/mol. The lowest BCUT2D eigenvalue weighted by Gasteiger charge is -2.02. The molecule has 2 N–H and O–H groups in total.